The van der Waals surface area contributed by atoms with E-state index in [1.54, 1.807) is 39.2 Å². The Labute approximate surface area is 160 Å². The number of hydrogen-bond acceptors (Lipinski definition) is 5. The van der Waals surface area contributed by atoms with Crippen molar-refractivity contribution in [2.45, 2.75) is 39.5 Å². The van der Waals surface area contributed by atoms with Gasteiger partial charge in [0.05, 0.1) is 0 Å². The van der Waals surface area contributed by atoms with Gasteiger partial charge in [-0.2, -0.15) is 0 Å². The van der Waals surface area contributed by atoms with Crippen LogP contribution in [0.5, 0.6) is 11.5 Å². The number of aromatic hydroxyl groups is 1. The Bertz CT molecular complexity index is 754. The molecule has 146 valence electrons. The Kier molecular flexibility index (Phi) is 9.23. The van der Waals surface area contributed by atoms with E-state index in [0.29, 0.717) is 0 Å². The van der Waals surface area contributed by atoms with Crippen LogP contribution in [-0.4, -0.2) is 30.6 Å². The lowest BCUT2D eigenvalue weighted by molar-refractivity contribution is -0.118. The summed E-state index contributed by atoms with van der Waals surface area (Å²) in [6.07, 6.45) is 0. The van der Waals surface area contributed by atoms with E-state index in [9.17, 15) is 9.59 Å². The van der Waals surface area contributed by atoms with Crippen molar-refractivity contribution < 1.29 is 24.2 Å². The molecule has 0 amide bonds. The fraction of sp³-hybridized carbons (Fsp3) is 0.364. The monoisotopic (exact) mass is 372 g/mol. The van der Waals surface area contributed by atoms with Crippen molar-refractivity contribution in [3.63, 3.8) is 0 Å². The topological polar surface area (TPSA) is 72.8 Å². The number of ether oxygens (including phenoxy) is 2. The molecule has 0 heterocycles. The van der Waals surface area contributed by atoms with E-state index < -0.39 is 0 Å². The second-order valence-corrected chi connectivity index (χ2v) is 6.38. The largest absolute Gasteiger partial charge is 0.508 e. The number of Topliss-reactive ketones (excluding diaryl/α,β-unsaturated/α-hetero) is 2. The summed E-state index contributed by atoms with van der Waals surface area (Å²) in [4.78, 5) is 22.2. The van der Waals surface area contributed by atoms with Crippen LogP contribution in [0.3, 0.4) is 0 Å². The maximum Gasteiger partial charge on any atom is 0.188 e. The third-order valence-corrected chi connectivity index (χ3v) is 4.29. The number of methoxy groups -OCH3 is 1. The van der Waals surface area contributed by atoms with Crippen LogP contribution >= 0.6 is 0 Å². The average molecular weight is 372 g/mol. The van der Waals surface area contributed by atoms with E-state index in [0.717, 1.165) is 16.9 Å². The van der Waals surface area contributed by atoms with Crippen LogP contribution < -0.4 is 4.74 Å². The summed E-state index contributed by atoms with van der Waals surface area (Å²) in [7, 11) is 1.57. The first-order valence-corrected chi connectivity index (χ1v) is 8.77. The zero-order valence-corrected chi connectivity index (χ0v) is 16.6. The summed E-state index contributed by atoms with van der Waals surface area (Å²) < 4.78 is 10.1. The van der Waals surface area contributed by atoms with Gasteiger partial charge in [0.15, 0.2) is 6.79 Å². The molecule has 1 N–H and O–H groups in total. The van der Waals surface area contributed by atoms with Crippen molar-refractivity contribution in [2.24, 2.45) is 0 Å². The molecule has 5 nitrogen and oxygen atoms in total. The molecule has 0 aromatic heterocycles. The highest BCUT2D eigenvalue weighted by Gasteiger charge is 2.11. The summed E-state index contributed by atoms with van der Waals surface area (Å²) >= 11 is 0. The average Bonchev–Trinajstić information content (AvgIpc) is 2.65. The lowest BCUT2D eigenvalue weighted by Crippen LogP contribution is -2.05. The fourth-order valence-corrected chi connectivity index (χ4v) is 2.26. The zero-order valence-electron chi connectivity index (χ0n) is 16.6. The summed E-state index contributed by atoms with van der Waals surface area (Å²) in [5, 5.41) is 9.13. The summed E-state index contributed by atoms with van der Waals surface area (Å²) in [5.41, 5.74) is 1.83. The molecule has 2 aromatic carbocycles. The maximum atomic E-state index is 11.2. The second-order valence-electron chi connectivity index (χ2n) is 6.38. The zero-order chi connectivity index (χ0) is 20.4. The highest BCUT2D eigenvalue weighted by molar-refractivity contribution is 5.83. The summed E-state index contributed by atoms with van der Waals surface area (Å²) in [6, 6.07) is 14.3. The van der Waals surface area contributed by atoms with Crippen LogP contribution in [0.1, 0.15) is 50.7 Å². The van der Waals surface area contributed by atoms with Crippen LogP contribution in [0.2, 0.25) is 0 Å². The third kappa shape index (κ3) is 7.62. The SMILES string of the molecule is CC(=O)C(C)c1cccc(O)c1.COCOc1cccc(C(C)C(C)=O)c1. The molecule has 0 spiro atoms. The molecular formula is C22H28O5. The number of phenols is 1. The predicted octanol–water partition coefficient (Wildman–Crippen LogP) is 4.45. The lowest BCUT2D eigenvalue weighted by Gasteiger charge is -2.10. The van der Waals surface area contributed by atoms with E-state index in [1.165, 1.54) is 0 Å². The van der Waals surface area contributed by atoms with E-state index in [-0.39, 0.29) is 35.9 Å². The third-order valence-electron chi connectivity index (χ3n) is 4.29. The van der Waals surface area contributed by atoms with E-state index in [2.05, 4.69) is 0 Å². The molecule has 0 saturated carbocycles. The van der Waals surface area contributed by atoms with Gasteiger partial charge in [-0.1, -0.05) is 38.1 Å². The molecule has 0 saturated heterocycles. The lowest BCUT2D eigenvalue weighted by atomic mass is 9.98. The minimum atomic E-state index is -0.128. The summed E-state index contributed by atoms with van der Waals surface area (Å²) in [5.74, 6) is 0.982. The Morgan fingerprint density at radius 3 is 1.93 bits per heavy atom. The van der Waals surface area contributed by atoms with Gasteiger partial charge in [0.25, 0.3) is 0 Å². The van der Waals surface area contributed by atoms with Crippen LogP contribution in [0, 0.1) is 0 Å². The molecule has 0 aliphatic carbocycles. The van der Waals surface area contributed by atoms with E-state index in [1.807, 2.05) is 44.2 Å². The molecule has 2 atom stereocenters. The minimum Gasteiger partial charge on any atom is -0.508 e. The molecule has 27 heavy (non-hydrogen) atoms. The van der Waals surface area contributed by atoms with Crippen LogP contribution in [-0.2, 0) is 14.3 Å². The molecule has 0 aliphatic heterocycles. The van der Waals surface area contributed by atoms with Gasteiger partial charge in [0, 0.05) is 18.9 Å². The fourth-order valence-electron chi connectivity index (χ4n) is 2.26. The molecule has 5 heteroatoms. The minimum absolute atomic E-state index is 0.0869. The number of ketones is 2. The number of benzene rings is 2. The van der Waals surface area contributed by atoms with Gasteiger partial charge in [-0.05, 0) is 49.2 Å². The van der Waals surface area contributed by atoms with Gasteiger partial charge in [0.1, 0.15) is 23.1 Å². The normalized spacial score (nSPS) is 12.3. The number of hydrogen-bond donors (Lipinski definition) is 1. The molecular weight excluding hydrogens is 344 g/mol. The Balaban J connectivity index is 0.000000277. The standard InChI is InChI=1S/C12H16O3.C10H12O2/c1-9(10(2)13)11-5-4-6-12(7-11)15-8-14-3;1-7(8(2)11)9-4-3-5-10(12)6-9/h4-7,9H,8H2,1-3H3;3-7,12H,1-2H3. The molecule has 0 fully saturated rings. The van der Waals surface area contributed by atoms with E-state index in [4.69, 9.17) is 14.6 Å². The van der Waals surface area contributed by atoms with Gasteiger partial charge in [-0.3, -0.25) is 9.59 Å². The first kappa shape index (κ1) is 22.4. The smallest absolute Gasteiger partial charge is 0.188 e. The number of carbonyl (C=O) groups excluding carboxylic acids is 2. The number of rotatable bonds is 7. The van der Waals surface area contributed by atoms with Crippen molar-refractivity contribution in [2.75, 3.05) is 13.9 Å². The first-order valence-electron chi connectivity index (χ1n) is 8.77. The van der Waals surface area contributed by atoms with E-state index >= 15 is 0 Å². The Morgan fingerprint density at radius 1 is 0.926 bits per heavy atom. The van der Waals surface area contributed by atoms with Gasteiger partial charge >= 0.3 is 0 Å². The Hall–Kier alpha value is -2.66. The highest BCUT2D eigenvalue weighted by Crippen LogP contribution is 2.21. The number of phenolic OH excluding ortho intramolecular Hbond substituents is 1. The van der Waals surface area contributed by atoms with Gasteiger partial charge in [0.2, 0.25) is 0 Å². The molecule has 2 rings (SSSR count). The Morgan fingerprint density at radius 2 is 1.44 bits per heavy atom. The van der Waals surface area contributed by atoms with Crippen molar-refractivity contribution in [1.82, 2.24) is 0 Å². The van der Waals surface area contributed by atoms with Crippen LogP contribution in [0.25, 0.3) is 0 Å². The van der Waals surface area contributed by atoms with Crippen molar-refractivity contribution in [3.8, 4) is 11.5 Å². The van der Waals surface area contributed by atoms with Crippen LogP contribution in [0.15, 0.2) is 48.5 Å². The molecule has 0 bridgehead atoms. The maximum absolute atomic E-state index is 11.2. The van der Waals surface area contributed by atoms with Gasteiger partial charge in [-0.15, -0.1) is 0 Å². The van der Waals surface area contributed by atoms with Crippen LogP contribution in [0.4, 0.5) is 0 Å². The number of carbonyl (C=O) groups is 2. The highest BCUT2D eigenvalue weighted by atomic mass is 16.7. The van der Waals surface area contributed by atoms with Gasteiger partial charge < -0.3 is 14.6 Å². The van der Waals surface area contributed by atoms with Gasteiger partial charge in [-0.25, -0.2) is 0 Å². The molecule has 2 aromatic rings. The predicted molar refractivity (Wildman–Crippen MR) is 105 cm³/mol. The summed E-state index contributed by atoms with van der Waals surface area (Å²) in [6.45, 7) is 7.08. The molecule has 2 unspecified atom stereocenters. The second kappa shape index (κ2) is 11.1. The van der Waals surface area contributed by atoms with Crippen molar-refractivity contribution in [1.29, 1.82) is 0 Å². The molecule has 0 radical (unpaired) electrons. The quantitative estimate of drug-likeness (QED) is 0.727. The first-order chi connectivity index (χ1) is 12.8. The van der Waals surface area contributed by atoms with Crippen molar-refractivity contribution in [3.05, 3.63) is 59.7 Å². The molecule has 0 aliphatic rings. The van der Waals surface area contributed by atoms with Crippen molar-refractivity contribution >= 4 is 11.6 Å².